The highest BCUT2D eigenvalue weighted by atomic mass is 16.5. The molecule has 0 aliphatic carbocycles. The zero-order valence-corrected chi connectivity index (χ0v) is 8.08. The molecule has 0 unspecified atom stereocenters. The van der Waals surface area contributed by atoms with E-state index in [1.54, 1.807) is 0 Å². The van der Waals surface area contributed by atoms with Crippen molar-refractivity contribution in [2.24, 2.45) is 0 Å². The molecule has 0 amide bonds. The molecule has 13 heavy (non-hydrogen) atoms. The minimum atomic E-state index is -0.129. The summed E-state index contributed by atoms with van der Waals surface area (Å²) in [4.78, 5) is 11.2. The Kier molecular flexibility index (Phi) is 3.74. The molecule has 72 valence electrons. The molecular weight excluding hydrogens is 164 g/mol. The molecule has 1 atom stereocenters. The first-order valence-electron chi connectivity index (χ1n) is 4.80. The number of rotatable bonds is 5. The summed E-state index contributed by atoms with van der Waals surface area (Å²) in [6.45, 7) is 5.70. The second kappa shape index (κ2) is 4.85. The van der Waals surface area contributed by atoms with Crippen molar-refractivity contribution in [3.8, 4) is 0 Å². The number of carbonyl (C=O) groups is 1. The van der Waals surface area contributed by atoms with E-state index in [-0.39, 0.29) is 12.1 Å². The number of cyclic esters (lactones) is 1. The average Bonchev–Trinajstić information content (AvgIpc) is 2.45. The van der Waals surface area contributed by atoms with Gasteiger partial charge in [0.1, 0.15) is 6.10 Å². The third kappa shape index (κ3) is 2.72. The van der Waals surface area contributed by atoms with Crippen LogP contribution in [0.2, 0.25) is 0 Å². The third-order valence-corrected chi connectivity index (χ3v) is 2.08. The van der Waals surface area contributed by atoms with Crippen LogP contribution in [-0.2, 0) is 9.53 Å². The second-order valence-corrected chi connectivity index (χ2v) is 3.25. The van der Waals surface area contributed by atoms with Crippen molar-refractivity contribution in [3.05, 3.63) is 24.3 Å². The normalized spacial score (nSPS) is 21.2. The molecule has 1 aliphatic heterocycles. The molecule has 0 aromatic rings. The second-order valence-electron chi connectivity index (χ2n) is 3.25. The Labute approximate surface area is 79.3 Å². The molecular formula is C11H16O2. The van der Waals surface area contributed by atoms with Crippen molar-refractivity contribution in [2.45, 2.75) is 38.7 Å². The number of hydrogen-bond donors (Lipinski definition) is 0. The molecule has 2 heteroatoms. The average molecular weight is 180 g/mol. The van der Waals surface area contributed by atoms with Crippen molar-refractivity contribution in [1.82, 2.24) is 0 Å². The number of esters is 1. The standard InChI is InChI=1S/C11H16O2/c1-3-5-7-10-8-9(6-4-2)11(12)13-10/h3,8,10H,1,4-7H2,2H3/t10-/m0/s1. The van der Waals surface area contributed by atoms with Crippen molar-refractivity contribution in [2.75, 3.05) is 0 Å². The van der Waals surface area contributed by atoms with E-state index >= 15 is 0 Å². The largest absolute Gasteiger partial charge is 0.455 e. The van der Waals surface area contributed by atoms with E-state index in [1.807, 2.05) is 12.2 Å². The SMILES string of the molecule is C=CCC[C@H]1C=C(CCC)C(=O)O1. The number of hydrogen-bond acceptors (Lipinski definition) is 2. The molecule has 0 bridgehead atoms. The van der Waals surface area contributed by atoms with Gasteiger partial charge in [0.2, 0.25) is 0 Å². The predicted octanol–water partition coefficient (Wildman–Crippen LogP) is 2.60. The van der Waals surface area contributed by atoms with Crippen LogP contribution in [0.25, 0.3) is 0 Å². The van der Waals surface area contributed by atoms with E-state index in [1.165, 1.54) is 0 Å². The van der Waals surface area contributed by atoms with E-state index in [9.17, 15) is 4.79 Å². The Hall–Kier alpha value is -1.05. The highest BCUT2D eigenvalue weighted by Gasteiger charge is 2.23. The lowest BCUT2D eigenvalue weighted by molar-refractivity contribution is -0.139. The number of allylic oxidation sites excluding steroid dienone is 1. The Bertz CT molecular complexity index is 228. The Balaban J connectivity index is 2.45. The van der Waals surface area contributed by atoms with Gasteiger partial charge in [-0.05, 0) is 25.3 Å². The molecule has 2 nitrogen and oxygen atoms in total. The summed E-state index contributed by atoms with van der Waals surface area (Å²) in [5.74, 6) is -0.129. The molecule has 0 aromatic carbocycles. The highest BCUT2D eigenvalue weighted by Crippen LogP contribution is 2.20. The van der Waals surface area contributed by atoms with Gasteiger partial charge in [0.05, 0.1) is 0 Å². The van der Waals surface area contributed by atoms with Gasteiger partial charge in [0, 0.05) is 5.57 Å². The van der Waals surface area contributed by atoms with Crippen LogP contribution in [-0.4, -0.2) is 12.1 Å². The molecule has 0 spiro atoms. The van der Waals surface area contributed by atoms with Crippen LogP contribution in [0.15, 0.2) is 24.3 Å². The van der Waals surface area contributed by atoms with E-state index < -0.39 is 0 Å². The minimum absolute atomic E-state index is 0.00736. The molecule has 1 rings (SSSR count). The Morgan fingerprint density at radius 2 is 2.46 bits per heavy atom. The van der Waals surface area contributed by atoms with Gasteiger partial charge in [-0.2, -0.15) is 0 Å². The summed E-state index contributed by atoms with van der Waals surface area (Å²) in [6, 6.07) is 0. The van der Waals surface area contributed by atoms with Crippen molar-refractivity contribution >= 4 is 5.97 Å². The first kappa shape index (κ1) is 10.0. The van der Waals surface area contributed by atoms with Gasteiger partial charge >= 0.3 is 5.97 Å². The lowest BCUT2D eigenvalue weighted by atomic mass is 10.1. The van der Waals surface area contributed by atoms with Crippen LogP contribution in [0.5, 0.6) is 0 Å². The highest BCUT2D eigenvalue weighted by molar-refractivity contribution is 5.90. The van der Waals surface area contributed by atoms with Gasteiger partial charge in [-0.25, -0.2) is 4.79 Å². The van der Waals surface area contributed by atoms with Crippen LogP contribution in [0.1, 0.15) is 32.6 Å². The first-order chi connectivity index (χ1) is 6.27. The molecule has 0 radical (unpaired) electrons. The molecule has 0 N–H and O–H groups in total. The van der Waals surface area contributed by atoms with Gasteiger partial charge in [0.15, 0.2) is 0 Å². The zero-order valence-electron chi connectivity index (χ0n) is 8.08. The van der Waals surface area contributed by atoms with Crippen molar-refractivity contribution in [1.29, 1.82) is 0 Å². The maximum absolute atomic E-state index is 11.2. The summed E-state index contributed by atoms with van der Waals surface area (Å²) in [5, 5.41) is 0. The quantitative estimate of drug-likeness (QED) is 0.480. The van der Waals surface area contributed by atoms with Crippen LogP contribution in [0.3, 0.4) is 0 Å². The molecule has 0 aromatic heterocycles. The monoisotopic (exact) mass is 180 g/mol. The van der Waals surface area contributed by atoms with Gasteiger partial charge in [-0.1, -0.05) is 19.4 Å². The number of carbonyl (C=O) groups excluding carboxylic acids is 1. The summed E-state index contributed by atoms with van der Waals surface area (Å²) in [5.41, 5.74) is 0.844. The molecule has 0 fully saturated rings. The fraction of sp³-hybridized carbons (Fsp3) is 0.545. The van der Waals surface area contributed by atoms with Gasteiger partial charge < -0.3 is 4.74 Å². The van der Waals surface area contributed by atoms with E-state index in [0.29, 0.717) is 0 Å². The smallest absolute Gasteiger partial charge is 0.334 e. The maximum atomic E-state index is 11.2. The topological polar surface area (TPSA) is 26.3 Å². The van der Waals surface area contributed by atoms with Crippen LogP contribution in [0.4, 0.5) is 0 Å². The number of ether oxygens (including phenoxy) is 1. The lowest BCUT2D eigenvalue weighted by Crippen LogP contribution is -2.07. The zero-order chi connectivity index (χ0) is 9.68. The Morgan fingerprint density at radius 1 is 1.69 bits per heavy atom. The van der Waals surface area contributed by atoms with Crippen LogP contribution in [0, 0.1) is 0 Å². The molecule has 0 saturated heterocycles. The molecule has 0 saturated carbocycles. The summed E-state index contributed by atoms with van der Waals surface area (Å²) >= 11 is 0. The van der Waals surface area contributed by atoms with E-state index in [0.717, 1.165) is 31.3 Å². The van der Waals surface area contributed by atoms with Gasteiger partial charge in [0.25, 0.3) is 0 Å². The summed E-state index contributed by atoms with van der Waals surface area (Å²) in [6.07, 6.45) is 7.39. The maximum Gasteiger partial charge on any atom is 0.334 e. The lowest BCUT2D eigenvalue weighted by Gasteiger charge is -2.04. The molecule has 1 heterocycles. The van der Waals surface area contributed by atoms with Crippen LogP contribution < -0.4 is 0 Å². The summed E-state index contributed by atoms with van der Waals surface area (Å²) in [7, 11) is 0. The summed E-state index contributed by atoms with van der Waals surface area (Å²) < 4.78 is 5.15. The Morgan fingerprint density at radius 3 is 3.08 bits per heavy atom. The van der Waals surface area contributed by atoms with Crippen molar-refractivity contribution < 1.29 is 9.53 Å². The van der Waals surface area contributed by atoms with Gasteiger partial charge in [-0.15, -0.1) is 6.58 Å². The fourth-order valence-corrected chi connectivity index (χ4v) is 1.42. The van der Waals surface area contributed by atoms with Gasteiger partial charge in [-0.3, -0.25) is 0 Å². The first-order valence-corrected chi connectivity index (χ1v) is 4.80. The predicted molar refractivity (Wildman–Crippen MR) is 52.3 cm³/mol. The third-order valence-electron chi connectivity index (χ3n) is 2.08. The fourth-order valence-electron chi connectivity index (χ4n) is 1.42. The van der Waals surface area contributed by atoms with Crippen LogP contribution >= 0.6 is 0 Å². The minimum Gasteiger partial charge on any atom is -0.455 e. The van der Waals surface area contributed by atoms with Crippen molar-refractivity contribution in [3.63, 3.8) is 0 Å². The van der Waals surface area contributed by atoms with E-state index in [2.05, 4.69) is 13.5 Å². The molecule has 1 aliphatic rings. The van der Waals surface area contributed by atoms with E-state index in [4.69, 9.17) is 4.74 Å².